The highest BCUT2D eigenvalue weighted by atomic mass is 32.2. The zero-order chi connectivity index (χ0) is 22.0. The molecule has 1 unspecified atom stereocenters. The number of piperazine rings is 1. The van der Waals surface area contributed by atoms with Crippen molar-refractivity contribution in [2.24, 2.45) is 0 Å². The molecule has 1 aliphatic heterocycles. The third-order valence-electron chi connectivity index (χ3n) is 5.06. The van der Waals surface area contributed by atoms with Crippen LogP contribution in [0.5, 0.6) is 5.75 Å². The average Bonchev–Trinajstić information content (AvgIpc) is 3.28. The van der Waals surface area contributed by atoms with Crippen LogP contribution in [0.25, 0.3) is 11.0 Å². The van der Waals surface area contributed by atoms with E-state index in [0.29, 0.717) is 22.3 Å². The smallest absolute Gasteiger partial charge is 0.263 e. The lowest BCUT2D eigenvalue weighted by Crippen LogP contribution is -2.53. The number of ether oxygens (including phenoxy) is 1. The van der Waals surface area contributed by atoms with Crippen molar-refractivity contribution < 1.29 is 17.9 Å². The van der Waals surface area contributed by atoms with E-state index in [9.17, 15) is 13.2 Å². The molecule has 0 aliphatic carbocycles. The third-order valence-corrected chi connectivity index (χ3v) is 7.53. The molecule has 0 saturated carbocycles. The van der Waals surface area contributed by atoms with E-state index >= 15 is 0 Å². The lowest BCUT2D eigenvalue weighted by molar-refractivity contribution is -0.139. The van der Waals surface area contributed by atoms with Gasteiger partial charge in [0, 0.05) is 26.2 Å². The number of amides is 1. The number of fused-ring (bicyclic) bond motifs is 1. The van der Waals surface area contributed by atoms with Crippen LogP contribution in [0.4, 0.5) is 0 Å². The van der Waals surface area contributed by atoms with Crippen molar-refractivity contribution in [2.75, 3.05) is 26.2 Å². The van der Waals surface area contributed by atoms with Gasteiger partial charge in [-0.15, -0.1) is 0 Å². The van der Waals surface area contributed by atoms with Crippen LogP contribution < -0.4 is 4.74 Å². The fraction of sp³-hybridized carbons (Fsp3) is 0.300. The van der Waals surface area contributed by atoms with Crippen LogP contribution in [0.2, 0.25) is 0 Å². The predicted molar refractivity (Wildman–Crippen MR) is 114 cm³/mol. The second-order valence-corrected chi connectivity index (χ2v) is 9.45. The molecule has 2 aromatic carbocycles. The minimum absolute atomic E-state index is 0.135. The summed E-state index contributed by atoms with van der Waals surface area (Å²) in [6, 6.07) is 13.5. The highest BCUT2D eigenvalue weighted by Crippen LogP contribution is 2.25. The number of hydrogen-bond donors (Lipinski definition) is 0. The molecule has 1 aromatic heterocycles. The number of rotatable bonds is 5. The number of hydrogen-bond acceptors (Lipinski definition) is 8. The van der Waals surface area contributed by atoms with Gasteiger partial charge in [-0.3, -0.25) is 4.79 Å². The van der Waals surface area contributed by atoms with Crippen LogP contribution in [-0.2, 0) is 14.8 Å². The molecule has 1 saturated heterocycles. The van der Waals surface area contributed by atoms with Gasteiger partial charge in [0.05, 0.1) is 23.4 Å². The number of carbonyl (C=O) groups is 1. The normalized spacial score (nSPS) is 16.1. The van der Waals surface area contributed by atoms with Crippen LogP contribution in [0.3, 0.4) is 0 Å². The van der Waals surface area contributed by atoms with Gasteiger partial charge in [0.1, 0.15) is 21.7 Å². The molecule has 160 valence electrons. The first-order chi connectivity index (χ1) is 14.9. The summed E-state index contributed by atoms with van der Waals surface area (Å²) >= 11 is 0.974. The average molecular weight is 458 g/mol. The fourth-order valence-corrected chi connectivity index (χ4v) is 5.57. The summed E-state index contributed by atoms with van der Waals surface area (Å²) in [7, 11) is -3.74. The zero-order valence-electron chi connectivity index (χ0n) is 16.6. The Morgan fingerprint density at radius 1 is 1.13 bits per heavy atom. The maximum absolute atomic E-state index is 13.1. The molecule has 1 amide bonds. The second kappa shape index (κ2) is 8.58. The largest absolute Gasteiger partial charge is 0.481 e. The second-order valence-electron chi connectivity index (χ2n) is 7.01. The highest BCUT2D eigenvalue weighted by molar-refractivity contribution is 7.89. The van der Waals surface area contributed by atoms with Gasteiger partial charge >= 0.3 is 0 Å². The molecule has 1 atom stereocenters. The Balaban J connectivity index is 1.40. The fourth-order valence-electron chi connectivity index (χ4n) is 3.40. The van der Waals surface area contributed by atoms with Crippen molar-refractivity contribution in [1.82, 2.24) is 18.0 Å². The topological polar surface area (TPSA) is 116 Å². The van der Waals surface area contributed by atoms with E-state index in [4.69, 9.17) is 10.00 Å². The molecular weight excluding hydrogens is 438 g/mol. The van der Waals surface area contributed by atoms with Crippen LogP contribution in [-0.4, -0.2) is 64.6 Å². The maximum Gasteiger partial charge on any atom is 0.263 e. The Morgan fingerprint density at radius 2 is 1.84 bits per heavy atom. The van der Waals surface area contributed by atoms with E-state index < -0.39 is 16.1 Å². The van der Waals surface area contributed by atoms with Gasteiger partial charge in [-0.1, -0.05) is 6.07 Å². The highest BCUT2D eigenvalue weighted by Gasteiger charge is 2.33. The quantitative estimate of drug-likeness (QED) is 0.574. The molecular formula is C20H19N5O4S2. The first-order valence-electron chi connectivity index (χ1n) is 9.57. The summed E-state index contributed by atoms with van der Waals surface area (Å²) in [6.45, 7) is 2.56. The molecule has 9 nitrogen and oxygen atoms in total. The summed E-state index contributed by atoms with van der Waals surface area (Å²) in [4.78, 5) is 14.5. The molecule has 0 spiro atoms. The van der Waals surface area contributed by atoms with E-state index in [0.717, 1.165) is 11.7 Å². The van der Waals surface area contributed by atoms with E-state index in [2.05, 4.69) is 8.75 Å². The molecule has 0 radical (unpaired) electrons. The monoisotopic (exact) mass is 457 g/mol. The summed E-state index contributed by atoms with van der Waals surface area (Å²) in [5.74, 6) is 0.276. The summed E-state index contributed by atoms with van der Waals surface area (Å²) < 4.78 is 41.5. The Labute approximate surface area is 183 Å². The number of aromatic nitrogens is 2. The Bertz CT molecular complexity index is 1240. The van der Waals surface area contributed by atoms with Crippen molar-refractivity contribution in [2.45, 2.75) is 17.9 Å². The number of nitriles is 1. The number of benzene rings is 2. The first kappa shape index (κ1) is 21.2. The van der Waals surface area contributed by atoms with E-state index in [1.165, 1.54) is 10.4 Å². The first-order valence-corrected chi connectivity index (χ1v) is 11.7. The molecule has 2 heterocycles. The van der Waals surface area contributed by atoms with E-state index in [-0.39, 0.29) is 37.0 Å². The minimum Gasteiger partial charge on any atom is -0.481 e. The molecule has 11 heteroatoms. The van der Waals surface area contributed by atoms with Gasteiger partial charge in [-0.25, -0.2) is 8.42 Å². The lowest BCUT2D eigenvalue weighted by Gasteiger charge is -2.35. The predicted octanol–water partition coefficient (Wildman–Crippen LogP) is 1.86. The van der Waals surface area contributed by atoms with Crippen LogP contribution >= 0.6 is 11.7 Å². The van der Waals surface area contributed by atoms with Crippen molar-refractivity contribution in [3.63, 3.8) is 0 Å². The number of carbonyl (C=O) groups excluding carboxylic acids is 1. The van der Waals surface area contributed by atoms with Gasteiger partial charge < -0.3 is 9.64 Å². The van der Waals surface area contributed by atoms with Crippen molar-refractivity contribution in [3.8, 4) is 11.8 Å². The standard InChI is InChI=1S/C20H19N5O4S2/c1-14(29-16-7-5-15(13-21)6-8-16)20(26)24-9-11-25(12-10-24)31(27,28)18-4-2-3-17-19(18)23-30-22-17/h2-8,14H,9-12H2,1H3. The number of sulfonamides is 1. The molecule has 0 bridgehead atoms. The van der Waals surface area contributed by atoms with E-state index in [1.54, 1.807) is 48.2 Å². The van der Waals surface area contributed by atoms with Crippen LogP contribution in [0.15, 0.2) is 47.4 Å². The van der Waals surface area contributed by atoms with Gasteiger partial charge in [0.15, 0.2) is 6.10 Å². The lowest BCUT2D eigenvalue weighted by atomic mass is 10.2. The van der Waals surface area contributed by atoms with Gasteiger partial charge in [-0.2, -0.15) is 18.3 Å². The summed E-state index contributed by atoms with van der Waals surface area (Å²) in [5, 5.41) is 8.86. The summed E-state index contributed by atoms with van der Waals surface area (Å²) in [6.07, 6.45) is -0.731. The molecule has 1 fully saturated rings. The molecule has 31 heavy (non-hydrogen) atoms. The third kappa shape index (κ3) is 4.23. The minimum atomic E-state index is -3.74. The van der Waals surface area contributed by atoms with Gasteiger partial charge in [0.2, 0.25) is 10.0 Å². The number of nitrogens with zero attached hydrogens (tertiary/aromatic N) is 5. The molecule has 1 aliphatic rings. The van der Waals surface area contributed by atoms with Crippen LogP contribution in [0, 0.1) is 11.3 Å². The maximum atomic E-state index is 13.1. The molecule has 3 aromatic rings. The Morgan fingerprint density at radius 3 is 2.52 bits per heavy atom. The van der Waals surface area contributed by atoms with Crippen molar-refractivity contribution in [1.29, 1.82) is 5.26 Å². The van der Waals surface area contributed by atoms with Gasteiger partial charge in [0.25, 0.3) is 5.91 Å². The molecule has 0 N–H and O–H groups in total. The van der Waals surface area contributed by atoms with Crippen molar-refractivity contribution >= 4 is 38.7 Å². The Kier molecular flexibility index (Phi) is 5.86. The molecule has 4 rings (SSSR count). The zero-order valence-corrected chi connectivity index (χ0v) is 18.3. The van der Waals surface area contributed by atoms with Gasteiger partial charge in [-0.05, 0) is 43.3 Å². The Hall–Kier alpha value is -3.07. The summed E-state index contributed by atoms with van der Waals surface area (Å²) in [5.41, 5.74) is 1.43. The van der Waals surface area contributed by atoms with Crippen LogP contribution in [0.1, 0.15) is 12.5 Å². The SMILES string of the molecule is CC(Oc1ccc(C#N)cc1)C(=O)N1CCN(S(=O)(=O)c2cccc3nsnc23)CC1. The van der Waals surface area contributed by atoms with Crippen molar-refractivity contribution in [3.05, 3.63) is 48.0 Å². The van der Waals surface area contributed by atoms with E-state index in [1.807, 2.05) is 6.07 Å².